The van der Waals surface area contributed by atoms with Gasteiger partial charge in [0.25, 0.3) is 0 Å². The first-order chi connectivity index (χ1) is 8.06. The Morgan fingerprint density at radius 2 is 2.29 bits per heavy atom. The van der Waals surface area contributed by atoms with Crippen LogP contribution in [-0.2, 0) is 16.4 Å². The highest BCUT2D eigenvalue weighted by molar-refractivity contribution is 7.88. The van der Waals surface area contributed by atoms with Gasteiger partial charge in [-0.05, 0) is 36.3 Å². The number of aryl methyl sites for hydroxylation is 1. The largest absolute Gasteiger partial charge is 0.309 e. The number of thiophene rings is 1. The fraction of sp³-hybridized carbons (Fsp3) is 0.636. The molecule has 1 unspecified atom stereocenters. The van der Waals surface area contributed by atoms with Crippen molar-refractivity contribution in [2.45, 2.75) is 25.3 Å². The summed E-state index contributed by atoms with van der Waals surface area (Å²) in [7, 11) is -3.06. The normalized spacial score (nSPS) is 20.2. The van der Waals surface area contributed by atoms with Crippen LogP contribution in [0.5, 0.6) is 0 Å². The standard InChI is InChI=1S/C11H18N2O2S2/c1-17(14,15)13-7-6-12-10-3-2-4-11-9(10)5-8-16-11/h5,8,10,12-13H,2-4,6-7H2,1H3. The molecule has 0 amide bonds. The Morgan fingerprint density at radius 3 is 3.06 bits per heavy atom. The Morgan fingerprint density at radius 1 is 1.47 bits per heavy atom. The summed E-state index contributed by atoms with van der Waals surface area (Å²) >= 11 is 1.82. The van der Waals surface area contributed by atoms with Gasteiger partial charge in [-0.15, -0.1) is 11.3 Å². The molecule has 96 valence electrons. The van der Waals surface area contributed by atoms with Gasteiger partial charge in [0.05, 0.1) is 6.26 Å². The van der Waals surface area contributed by atoms with Gasteiger partial charge in [0.1, 0.15) is 0 Å². The van der Waals surface area contributed by atoms with Crippen molar-refractivity contribution in [2.75, 3.05) is 19.3 Å². The van der Waals surface area contributed by atoms with Crippen molar-refractivity contribution in [3.63, 3.8) is 0 Å². The maximum absolute atomic E-state index is 10.9. The average molecular weight is 274 g/mol. The number of fused-ring (bicyclic) bond motifs is 1. The molecule has 0 saturated heterocycles. The first-order valence-corrected chi connectivity index (χ1v) is 8.57. The third-order valence-electron chi connectivity index (χ3n) is 2.93. The summed E-state index contributed by atoms with van der Waals surface area (Å²) in [6.45, 7) is 1.13. The quantitative estimate of drug-likeness (QED) is 0.795. The van der Waals surface area contributed by atoms with Gasteiger partial charge in [-0.1, -0.05) is 0 Å². The van der Waals surface area contributed by atoms with Gasteiger partial charge in [-0.25, -0.2) is 13.1 Å². The van der Waals surface area contributed by atoms with Crippen molar-refractivity contribution >= 4 is 21.4 Å². The predicted octanol–water partition coefficient (Wildman–Crippen LogP) is 1.26. The maximum atomic E-state index is 10.9. The first kappa shape index (κ1) is 13.0. The summed E-state index contributed by atoms with van der Waals surface area (Å²) in [4.78, 5) is 1.48. The number of nitrogens with one attached hydrogen (secondary N) is 2. The van der Waals surface area contributed by atoms with Crippen LogP contribution in [0.3, 0.4) is 0 Å². The molecule has 1 atom stereocenters. The van der Waals surface area contributed by atoms with Gasteiger partial charge in [0.15, 0.2) is 0 Å². The zero-order valence-corrected chi connectivity index (χ0v) is 11.5. The molecule has 1 heterocycles. The lowest BCUT2D eigenvalue weighted by Gasteiger charge is -2.23. The fourth-order valence-electron chi connectivity index (χ4n) is 2.18. The van der Waals surface area contributed by atoms with E-state index >= 15 is 0 Å². The van der Waals surface area contributed by atoms with E-state index in [1.165, 1.54) is 29.5 Å². The summed E-state index contributed by atoms with van der Waals surface area (Å²) in [6, 6.07) is 2.58. The number of hydrogen-bond acceptors (Lipinski definition) is 4. The molecule has 17 heavy (non-hydrogen) atoms. The van der Waals surface area contributed by atoms with E-state index in [9.17, 15) is 8.42 Å². The van der Waals surface area contributed by atoms with Gasteiger partial charge in [-0.3, -0.25) is 0 Å². The predicted molar refractivity (Wildman–Crippen MR) is 70.8 cm³/mol. The van der Waals surface area contributed by atoms with Crippen LogP contribution >= 0.6 is 11.3 Å². The van der Waals surface area contributed by atoms with E-state index in [0.717, 1.165) is 6.42 Å². The molecular formula is C11H18N2O2S2. The van der Waals surface area contributed by atoms with Gasteiger partial charge in [-0.2, -0.15) is 0 Å². The van der Waals surface area contributed by atoms with E-state index in [4.69, 9.17) is 0 Å². The molecule has 1 aromatic rings. The molecule has 4 nitrogen and oxygen atoms in total. The molecule has 1 aliphatic rings. The molecule has 2 N–H and O–H groups in total. The van der Waals surface area contributed by atoms with Crippen molar-refractivity contribution in [1.82, 2.24) is 10.0 Å². The minimum absolute atomic E-state index is 0.395. The topological polar surface area (TPSA) is 58.2 Å². The second kappa shape index (κ2) is 5.48. The second-order valence-electron chi connectivity index (χ2n) is 4.36. The van der Waals surface area contributed by atoms with Crippen LogP contribution in [0.1, 0.15) is 29.3 Å². The Kier molecular flexibility index (Phi) is 4.19. The van der Waals surface area contributed by atoms with Gasteiger partial charge < -0.3 is 5.32 Å². The highest BCUT2D eigenvalue weighted by atomic mass is 32.2. The number of hydrogen-bond donors (Lipinski definition) is 2. The van der Waals surface area contributed by atoms with Crippen LogP contribution in [0, 0.1) is 0 Å². The molecule has 0 aromatic carbocycles. The SMILES string of the molecule is CS(=O)(=O)NCCNC1CCCc2sccc21. The Labute approximate surface area is 106 Å². The smallest absolute Gasteiger partial charge is 0.208 e. The summed E-state index contributed by atoms with van der Waals surface area (Å²) in [5.74, 6) is 0. The maximum Gasteiger partial charge on any atom is 0.208 e. The van der Waals surface area contributed by atoms with E-state index in [-0.39, 0.29) is 0 Å². The molecule has 0 saturated carbocycles. The molecule has 0 aliphatic heterocycles. The third kappa shape index (κ3) is 3.77. The average Bonchev–Trinajstić information content (AvgIpc) is 2.71. The van der Waals surface area contributed by atoms with Crippen LogP contribution in [0.15, 0.2) is 11.4 Å². The first-order valence-electron chi connectivity index (χ1n) is 5.80. The summed E-state index contributed by atoms with van der Waals surface area (Å²) < 4.78 is 24.3. The highest BCUT2D eigenvalue weighted by Gasteiger charge is 2.20. The van der Waals surface area contributed by atoms with Crippen LogP contribution in [0.2, 0.25) is 0 Å². The zero-order chi connectivity index (χ0) is 12.3. The summed E-state index contributed by atoms with van der Waals surface area (Å²) in [6.07, 6.45) is 4.73. The van der Waals surface area contributed by atoms with Crippen molar-refractivity contribution in [2.24, 2.45) is 0 Å². The van der Waals surface area contributed by atoms with Crippen molar-refractivity contribution in [3.05, 3.63) is 21.9 Å². The minimum atomic E-state index is -3.06. The highest BCUT2D eigenvalue weighted by Crippen LogP contribution is 2.32. The summed E-state index contributed by atoms with van der Waals surface area (Å²) in [5, 5.41) is 5.55. The third-order valence-corrected chi connectivity index (χ3v) is 4.66. The van der Waals surface area contributed by atoms with Gasteiger partial charge in [0, 0.05) is 24.0 Å². The molecule has 1 aliphatic carbocycles. The molecule has 1 aromatic heterocycles. The van der Waals surface area contributed by atoms with Crippen LogP contribution in [0.25, 0.3) is 0 Å². The second-order valence-corrected chi connectivity index (χ2v) is 7.20. The number of rotatable bonds is 5. The van der Waals surface area contributed by atoms with Crippen molar-refractivity contribution in [1.29, 1.82) is 0 Å². The van der Waals surface area contributed by atoms with E-state index in [1.54, 1.807) is 0 Å². The molecule has 0 radical (unpaired) electrons. The molecule has 6 heteroatoms. The monoisotopic (exact) mass is 274 g/mol. The van der Waals surface area contributed by atoms with Crippen molar-refractivity contribution < 1.29 is 8.42 Å². The molecule has 0 spiro atoms. The minimum Gasteiger partial charge on any atom is -0.309 e. The van der Waals surface area contributed by atoms with E-state index in [1.807, 2.05) is 11.3 Å². The Balaban J connectivity index is 1.82. The van der Waals surface area contributed by atoms with E-state index < -0.39 is 10.0 Å². The van der Waals surface area contributed by atoms with Crippen molar-refractivity contribution in [3.8, 4) is 0 Å². The van der Waals surface area contributed by atoms with E-state index in [0.29, 0.717) is 19.1 Å². The molecular weight excluding hydrogens is 256 g/mol. The molecule has 2 rings (SSSR count). The lowest BCUT2D eigenvalue weighted by Crippen LogP contribution is -2.33. The molecule has 0 fully saturated rings. The van der Waals surface area contributed by atoms with Gasteiger partial charge in [0.2, 0.25) is 10.0 Å². The molecule has 0 bridgehead atoms. The van der Waals surface area contributed by atoms with Gasteiger partial charge >= 0.3 is 0 Å². The summed E-state index contributed by atoms with van der Waals surface area (Å²) in [5.41, 5.74) is 1.40. The van der Waals surface area contributed by atoms with Crippen LogP contribution < -0.4 is 10.0 Å². The Bertz CT molecular complexity index is 468. The lowest BCUT2D eigenvalue weighted by atomic mass is 9.94. The zero-order valence-electron chi connectivity index (χ0n) is 9.90. The van der Waals surface area contributed by atoms with Crippen LogP contribution in [-0.4, -0.2) is 27.8 Å². The van der Waals surface area contributed by atoms with Crippen LogP contribution in [0.4, 0.5) is 0 Å². The Hall–Kier alpha value is -0.430. The number of sulfonamides is 1. The fourth-order valence-corrected chi connectivity index (χ4v) is 3.64. The lowest BCUT2D eigenvalue weighted by molar-refractivity contribution is 0.465. The van der Waals surface area contributed by atoms with E-state index in [2.05, 4.69) is 21.5 Å².